The minimum Gasteiger partial charge on any atom is -0.508 e. The Balaban J connectivity index is 2.14. The molecule has 0 amide bonds. The van der Waals surface area contributed by atoms with Crippen LogP contribution in [0.5, 0.6) is 5.75 Å². The van der Waals surface area contributed by atoms with Gasteiger partial charge in [-0.3, -0.25) is 4.40 Å². The molecule has 0 saturated carbocycles. The van der Waals surface area contributed by atoms with Gasteiger partial charge in [-0.25, -0.2) is 0 Å². The Kier molecular flexibility index (Phi) is 1.86. The Bertz CT molecular complexity index is 628. The smallest absolute Gasteiger partial charge is 0.160 e. The largest absolute Gasteiger partial charge is 0.508 e. The summed E-state index contributed by atoms with van der Waals surface area (Å²) in [5.74, 6) is 0.272. The Morgan fingerprint density at radius 1 is 0.938 bits per heavy atom. The number of nitrogens with zero attached hydrogens (tertiary/aromatic N) is 3. The number of hydrogen-bond acceptors (Lipinski definition) is 3. The first-order valence-corrected chi connectivity index (χ1v) is 4.92. The monoisotopic (exact) mass is 211 g/mol. The molecule has 0 spiro atoms. The first-order chi connectivity index (χ1) is 7.83. The highest BCUT2D eigenvalue weighted by atomic mass is 16.3. The molecule has 2 heterocycles. The number of aromatic nitrogens is 3. The molecular weight excluding hydrogens is 202 g/mol. The summed E-state index contributed by atoms with van der Waals surface area (Å²) in [6, 6.07) is 11.0. The van der Waals surface area contributed by atoms with E-state index in [2.05, 4.69) is 10.2 Å². The summed E-state index contributed by atoms with van der Waals surface area (Å²) in [5.41, 5.74) is 2.93. The van der Waals surface area contributed by atoms with E-state index in [0.29, 0.717) is 0 Å². The molecule has 0 aliphatic heterocycles. The maximum Gasteiger partial charge on any atom is 0.160 e. The number of benzene rings is 1. The van der Waals surface area contributed by atoms with Crippen molar-refractivity contribution >= 4 is 5.65 Å². The van der Waals surface area contributed by atoms with Crippen LogP contribution >= 0.6 is 0 Å². The maximum absolute atomic E-state index is 9.22. The van der Waals surface area contributed by atoms with Crippen molar-refractivity contribution in [2.75, 3.05) is 0 Å². The van der Waals surface area contributed by atoms with Crippen LogP contribution in [0.1, 0.15) is 0 Å². The predicted octanol–water partition coefficient (Wildman–Crippen LogP) is 2.10. The molecule has 0 fully saturated rings. The lowest BCUT2D eigenvalue weighted by Crippen LogP contribution is -1.85. The van der Waals surface area contributed by atoms with E-state index in [9.17, 15) is 5.11 Å². The second-order valence-corrected chi connectivity index (χ2v) is 3.56. The molecular formula is C12H9N3O. The van der Waals surface area contributed by atoms with Crippen LogP contribution in [-0.4, -0.2) is 19.7 Å². The van der Waals surface area contributed by atoms with Gasteiger partial charge in [0.15, 0.2) is 5.65 Å². The van der Waals surface area contributed by atoms with Crippen LogP contribution in [0.4, 0.5) is 0 Å². The molecule has 2 aromatic heterocycles. The van der Waals surface area contributed by atoms with Gasteiger partial charge in [-0.2, -0.15) is 0 Å². The Morgan fingerprint density at radius 3 is 2.50 bits per heavy atom. The van der Waals surface area contributed by atoms with Gasteiger partial charge in [0.05, 0.1) is 0 Å². The number of phenols is 1. The highest BCUT2D eigenvalue weighted by Crippen LogP contribution is 2.21. The van der Waals surface area contributed by atoms with Gasteiger partial charge >= 0.3 is 0 Å². The number of rotatable bonds is 1. The number of fused-ring (bicyclic) bond motifs is 1. The highest BCUT2D eigenvalue weighted by Gasteiger charge is 2.00. The molecule has 0 aliphatic carbocycles. The molecule has 3 rings (SSSR count). The maximum atomic E-state index is 9.22. The normalized spacial score (nSPS) is 10.8. The van der Waals surface area contributed by atoms with Gasteiger partial charge in [0.2, 0.25) is 0 Å². The van der Waals surface area contributed by atoms with E-state index < -0.39 is 0 Å². The molecule has 0 radical (unpaired) electrons. The first-order valence-electron chi connectivity index (χ1n) is 4.92. The van der Waals surface area contributed by atoms with Crippen LogP contribution in [-0.2, 0) is 0 Å². The second kappa shape index (κ2) is 3.34. The van der Waals surface area contributed by atoms with Gasteiger partial charge < -0.3 is 5.11 Å². The Labute approximate surface area is 91.8 Å². The van der Waals surface area contributed by atoms with Gasteiger partial charge in [0.25, 0.3) is 0 Å². The van der Waals surface area contributed by atoms with Gasteiger partial charge in [0, 0.05) is 6.20 Å². The molecule has 0 bridgehead atoms. The molecule has 0 atom stereocenters. The van der Waals surface area contributed by atoms with E-state index in [1.165, 1.54) is 0 Å². The molecule has 16 heavy (non-hydrogen) atoms. The van der Waals surface area contributed by atoms with Gasteiger partial charge in [-0.05, 0) is 35.4 Å². The highest BCUT2D eigenvalue weighted by molar-refractivity contribution is 5.65. The third-order valence-corrected chi connectivity index (χ3v) is 2.49. The SMILES string of the molecule is Oc1ccc(-c2ccc3nncn3c2)cc1. The zero-order valence-electron chi connectivity index (χ0n) is 8.41. The molecule has 3 aromatic rings. The topological polar surface area (TPSA) is 50.4 Å². The van der Waals surface area contributed by atoms with E-state index in [0.717, 1.165) is 16.8 Å². The summed E-state index contributed by atoms with van der Waals surface area (Å²) < 4.78 is 1.86. The van der Waals surface area contributed by atoms with E-state index in [1.807, 2.05) is 34.9 Å². The van der Waals surface area contributed by atoms with Crippen molar-refractivity contribution in [3.05, 3.63) is 48.9 Å². The number of aromatic hydroxyl groups is 1. The molecule has 78 valence electrons. The Hall–Kier alpha value is -2.36. The first kappa shape index (κ1) is 8.91. The van der Waals surface area contributed by atoms with Crippen molar-refractivity contribution in [1.29, 1.82) is 0 Å². The van der Waals surface area contributed by atoms with Gasteiger partial charge in [0.1, 0.15) is 12.1 Å². The fraction of sp³-hybridized carbons (Fsp3) is 0. The second-order valence-electron chi connectivity index (χ2n) is 3.56. The third kappa shape index (κ3) is 1.40. The van der Waals surface area contributed by atoms with Crippen LogP contribution in [0.25, 0.3) is 16.8 Å². The zero-order chi connectivity index (χ0) is 11.0. The quantitative estimate of drug-likeness (QED) is 0.670. The standard InChI is InChI=1S/C12H9N3O/c16-11-4-1-9(2-5-11)10-3-6-12-14-13-8-15(12)7-10/h1-8,16H. The fourth-order valence-electron chi connectivity index (χ4n) is 1.65. The number of phenolic OH excluding ortho intramolecular Hbond substituents is 1. The summed E-state index contributed by atoms with van der Waals surface area (Å²) in [7, 11) is 0. The van der Waals surface area contributed by atoms with Crippen molar-refractivity contribution < 1.29 is 5.11 Å². The Morgan fingerprint density at radius 2 is 1.69 bits per heavy atom. The van der Waals surface area contributed by atoms with Crippen molar-refractivity contribution in [2.24, 2.45) is 0 Å². The average Bonchev–Trinajstić information content (AvgIpc) is 2.77. The minimum atomic E-state index is 0.272. The van der Waals surface area contributed by atoms with Gasteiger partial charge in [-0.1, -0.05) is 12.1 Å². The molecule has 4 nitrogen and oxygen atoms in total. The lowest BCUT2D eigenvalue weighted by atomic mass is 10.1. The van der Waals surface area contributed by atoms with Crippen molar-refractivity contribution in [1.82, 2.24) is 14.6 Å². The van der Waals surface area contributed by atoms with Crippen LogP contribution in [0.15, 0.2) is 48.9 Å². The van der Waals surface area contributed by atoms with Crippen LogP contribution in [0.3, 0.4) is 0 Å². The lowest BCUT2D eigenvalue weighted by molar-refractivity contribution is 0.475. The molecule has 1 N–H and O–H groups in total. The summed E-state index contributed by atoms with van der Waals surface area (Å²) in [5, 5.41) is 17.0. The number of pyridine rings is 1. The van der Waals surface area contributed by atoms with E-state index in [-0.39, 0.29) is 5.75 Å². The van der Waals surface area contributed by atoms with Crippen molar-refractivity contribution in [3.8, 4) is 16.9 Å². The van der Waals surface area contributed by atoms with Crippen LogP contribution in [0, 0.1) is 0 Å². The number of hydrogen-bond donors (Lipinski definition) is 1. The van der Waals surface area contributed by atoms with Crippen molar-refractivity contribution in [2.45, 2.75) is 0 Å². The van der Waals surface area contributed by atoms with Crippen LogP contribution in [0.2, 0.25) is 0 Å². The van der Waals surface area contributed by atoms with E-state index in [1.54, 1.807) is 18.5 Å². The molecule has 0 saturated heterocycles. The van der Waals surface area contributed by atoms with Gasteiger partial charge in [-0.15, -0.1) is 10.2 Å². The summed E-state index contributed by atoms with van der Waals surface area (Å²) in [4.78, 5) is 0. The summed E-state index contributed by atoms with van der Waals surface area (Å²) >= 11 is 0. The predicted molar refractivity (Wildman–Crippen MR) is 60.1 cm³/mol. The fourth-order valence-corrected chi connectivity index (χ4v) is 1.65. The lowest BCUT2D eigenvalue weighted by Gasteiger charge is -2.02. The molecule has 0 aliphatic rings. The minimum absolute atomic E-state index is 0.272. The summed E-state index contributed by atoms with van der Waals surface area (Å²) in [6.07, 6.45) is 3.63. The molecule has 0 unspecified atom stereocenters. The van der Waals surface area contributed by atoms with E-state index >= 15 is 0 Å². The average molecular weight is 211 g/mol. The summed E-state index contributed by atoms with van der Waals surface area (Å²) in [6.45, 7) is 0. The van der Waals surface area contributed by atoms with Crippen molar-refractivity contribution in [3.63, 3.8) is 0 Å². The molecule has 4 heteroatoms. The van der Waals surface area contributed by atoms with E-state index in [4.69, 9.17) is 0 Å². The molecule has 1 aromatic carbocycles. The third-order valence-electron chi connectivity index (χ3n) is 2.49. The zero-order valence-corrected chi connectivity index (χ0v) is 8.41. The van der Waals surface area contributed by atoms with Crippen LogP contribution < -0.4 is 0 Å².